The molecule has 0 bridgehead atoms. The van der Waals surface area contributed by atoms with E-state index in [1.165, 1.54) is 19.3 Å². The Morgan fingerprint density at radius 1 is 1.06 bits per heavy atom. The summed E-state index contributed by atoms with van der Waals surface area (Å²) < 4.78 is 0. The van der Waals surface area contributed by atoms with Crippen LogP contribution in [0.15, 0.2) is 29.3 Å². The van der Waals surface area contributed by atoms with Crippen molar-refractivity contribution in [3.05, 3.63) is 24.3 Å². The highest BCUT2D eigenvalue weighted by Crippen LogP contribution is 2.15. The van der Waals surface area contributed by atoms with Crippen LogP contribution in [-0.4, -0.2) is 17.5 Å². The molecule has 4 heteroatoms. The minimum absolute atomic E-state index is 0. The van der Waals surface area contributed by atoms with Crippen LogP contribution in [0.2, 0.25) is 0 Å². The summed E-state index contributed by atoms with van der Waals surface area (Å²) >= 11 is 0. The van der Waals surface area contributed by atoms with Crippen LogP contribution in [0.25, 0.3) is 0 Å². The van der Waals surface area contributed by atoms with Gasteiger partial charge in [-0.15, -0.1) is 12.4 Å². The second-order valence-corrected chi connectivity index (χ2v) is 3.81. The highest BCUT2D eigenvalue weighted by molar-refractivity contribution is 5.95. The van der Waals surface area contributed by atoms with Gasteiger partial charge in [0.1, 0.15) is 11.6 Å². The van der Waals surface area contributed by atoms with Crippen LogP contribution in [0.1, 0.15) is 25.7 Å². The van der Waals surface area contributed by atoms with Crippen molar-refractivity contribution in [2.24, 2.45) is 4.99 Å². The number of nitrogens with zero attached hydrogens (tertiary/aromatic N) is 1. The predicted octanol–water partition coefficient (Wildman–Crippen LogP) is 3.20. The van der Waals surface area contributed by atoms with E-state index in [1.807, 2.05) is 12.1 Å². The quantitative estimate of drug-likeness (QED) is 0.741. The molecule has 1 aliphatic rings. The average Bonchev–Trinajstić information content (AvgIpc) is 2.50. The summed E-state index contributed by atoms with van der Waals surface area (Å²) in [6, 6.07) is 7.09. The van der Waals surface area contributed by atoms with Crippen molar-refractivity contribution in [3.63, 3.8) is 0 Å². The number of rotatable bonds is 1. The number of benzene rings is 1. The lowest BCUT2D eigenvalue weighted by Crippen LogP contribution is -2.11. The predicted molar refractivity (Wildman–Crippen MR) is 69.7 cm³/mol. The molecule has 2 N–H and O–H groups in total. The van der Waals surface area contributed by atoms with Crippen LogP contribution in [0.3, 0.4) is 0 Å². The van der Waals surface area contributed by atoms with Crippen LogP contribution in [0.4, 0.5) is 5.69 Å². The van der Waals surface area contributed by atoms with Crippen molar-refractivity contribution >= 4 is 23.9 Å². The van der Waals surface area contributed by atoms with Crippen molar-refractivity contribution < 1.29 is 5.11 Å². The molecule has 2 rings (SSSR count). The molecule has 16 heavy (non-hydrogen) atoms. The molecule has 0 amide bonds. The van der Waals surface area contributed by atoms with E-state index in [0.717, 1.165) is 24.5 Å². The van der Waals surface area contributed by atoms with Crippen molar-refractivity contribution in [1.29, 1.82) is 0 Å². The largest absolute Gasteiger partial charge is 0.508 e. The van der Waals surface area contributed by atoms with Crippen molar-refractivity contribution in [3.8, 4) is 5.75 Å². The van der Waals surface area contributed by atoms with Crippen molar-refractivity contribution in [1.82, 2.24) is 0 Å². The second kappa shape index (κ2) is 6.38. The number of hydrogen-bond donors (Lipinski definition) is 2. The van der Waals surface area contributed by atoms with Crippen LogP contribution in [0, 0.1) is 0 Å². The molecule has 0 fully saturated rings. The SMILES string of the molecule is Cl.Oc1ccc(NC2=NCCCCC2)cc1. The van der Waals surface area contributed by atoms with Crippen LogP contribution >= 0.6 is 12.4 Å². The van der Waals surface area contributed by atoms with E-state index in [2.05, 4.69) is 10.3 Å². The third-order valence-electron chi connectivity index (χ3n) is 2.53. The molecule has 0 spiro atoms. The second-order valence-electron chi connectivity index (χ2n) is 3.81. The number of aliphatic imine (C=N–C) groups is 1. The summed E-state index contributed by atoms with van der Waals surface area (Å²) in [7, 11) is 0. The van der Waals surface area contributed by atoms with Gasteiger partial charge < -0.3 is 10.4 Å². The van der Waals surface area contributed by atoms with E-state index in [4.69, 9.17) is 5.11 Å². The Labute approximate surface area is 102 Å². The number of halogens is 1. The molecule has 3 nitrogen and oxygen atoms in total. The summed E-state index contributed by atoms with van der Waals surface area (Å²) in [5, 5.41) is 12.4. The van der Waals surface area contributed by atoms with Crippen LogP contribution in [0.5, 0.6) is 5.75 Å². The van der Waals surface area contributed by atoms with E-state index in [0.29, 0.717) is 5.75 Å². The van der Waals surface area contributed by atoms with Gasteiger partial charge in [0, 0.05) is 18.7 Å². The topological polar surface area (TPSA) is 44.6 Å². The summed E-state index contributed by atoms with van der Waals surface area (Å²) in [5.41, 5.74) is 0.994. The first-order valence-corrected chi connectivity index (χ1v) is 5.44. The fourth-order valence-electron chi connectivity index (χ4n) is 1.69. The van der Waals surface area contributed by atoms with E-state index in [9.17, 15) is 0 Å². The van der Waals surface area contributed by atoms with E-state index in [-0.39, 0.29) is 12.4 Å². The van der Waals surface area contributed by atoms with Crippen LogP contribution in [-0.2, 0) is 0 Å². The molecule has 0 aliphatic carbocycles. The Balaban J connectivity index is 0.00000128. The van der Waals surface area contributed by atoms with Crippen molar-refractivity contribution in [2.75, 3.05) is 11.9 Å². The summed E-state index contributed by atoms with van der Waals surface area (Å²) in [4.78, 5) is 4.48. The lowest BCUT2D eigenvalue weighted by Gasteiger charge is -2.07. The molecule has 1 aromatic carbocycles. The van der Waals surface area contributed by atoms with Gasteiger partial charge in [0.15, 0.2) is 0 Å². The first-order chi connectivity index (χ1) is 7.34. The van der Waals surface area contributed by atoms with Crippen molar-refractivity contribution in [2.45, 2.75) is 25.7 Å². The molecule has 0 aromatic heterocycles. The lowest BCUT2D eigenvalue weighted by molar-refractivity contribution is 0.475. The van der Waals surface area contributed by atoms with Gasteiger partial charge in [0.25, 0.3) is 0 Å². The standard InChI is InChI=1S/C12H16N2O.ClH/c15-11-7-5-10(6-8-11)14-12-4-2-1-3-9-13-12;/h5-8,15H,1-4,9H2,(H,13,14);1H. The zero-order valence-electron chi connectivity index (χ0n) is 9.15. The number of anilines is 1. The molecule has 1 aromatic rings. The fraction of sp³-hybridized carbons (Fsp3) is 0.417. The molecule has 1 aliphatic heterocycles. The maximum atomic E-state index is 9.15. The number of nitrogens with one attached hydrogen (secondary N) is 1. The molecular formula is C12H17ClN2O. The monoisotopic (exact) mass is 240 g/mol. The number of amidine groups is 1. The van der Waals surface area contributed by atoms with E-state index in [1.54, 1.807) is 12.1 Å². The molecule has 88 valence electrons. The molecule has 0 saturated heterocycles. The Hall–Kier alpha value is -1.22. The maximum Gasteiger partial charge on any atom is 0.115 e. The number of aromatic hydroxyl groups is 1. The lowest BCUT2D eigenvalue weighted by atomic mass is 10.2. The number of hydrogen-bond acceptors (Lipinski definition) is 3. The Kier molecular flexibility index (Phi) is 5.12. The third-order valence-corrected chi connectivity index (χ3v) is 2.53. The average molecular weight is 241 g/mol. The summed E-state index contributed by atoms with van der Waals surface area (Å²) in [6.07, 6.45) is 4.70. The van der Waals surface area contributed by atoms with Gasteiger partial charge in [-0.3, -0.25) is 4.99 Å². The Morgan fingerprint density at radius 2 is 1.81 bits per heavy atom. The van der Waals surface area contributed by atoms with Gasteiger partial charge in [-0.25, -0.2) is 0 Å². The van der Waals surface area contributed by atoms with Crippen LogP contribution < -0.4 is 5.32 Å². The summed E-state index contributed by atoms with van der Waals surface area (Å²) in [6.45, 7) is 0.931. The highest BCUT2D eigenvalue weighted by Gasteiger charge is 2.04. The van der Waals surface area contributed by atoms with Gasteiger partial charge in [-0.2, -0.15) is 0 Å². The maximum absolute atomic E-state index is 9.15. The summed E-state index contributed by atoms with van der Waals surface area (Å²) in [5.74, 6) is 1.36. The van der Waals surface area contributed by atoms with Gasteiger partial charge in [0.2, 0.25) is 0 Å². The van der Waals surface area contributed by atoms with Gasteiger partial charge in [0.05, 0.1) is 0 Å². The number of phenols is 1. The first kappa shape index (κ1) is 12.8. The van der Waals surface area contributed by atoms with E-state index >= 15 is 0 Å². The minimum atomic E-state index is 0. The molecule has 0 radical (unpaired) electrons. The zero-order chi connectivity index (χ0) is 10.5. The third kappa shape index (κ3) is 3.74. The molecule has 0 atom stereocenters. The molecular weight excluding hydrogens is 224 g/mol. The highest BCUT2D eigenvalue weighted by atomic mass is 35.5. The smallest absolute Gasteiger partial charge is 0.115 e. The van der Waals surface area contributed by atoms with E-state index < -0.39 is 0 Å². The normalized spacial score (nSPS) is 15.6. The molecule has 1 heterocycles. The molecule has 0 unspecified atom stereocenters. The Bertz CT molecular complexity index is 349. The number of phenolic OH excluding ortho intramolecular Hbond substituents is 1. The Morgan fingerprint density at radius 3 is 2.56 bits per heavy atom. The minimum Gasteiger partial charge on any atom is -0.508 e. The first-order valence-electron chi connectivity index (χ1n) is 5.44. The zero-order valence-corrected chi connectivity index (χ0v) is 9.96. The molecule has 0 saturated carbocycles. The van der Waals surface area contributed by atoms with Gasteiger partial charge in [-0.05, 0) is 37.1 Å². The van der Waals surface area contributed by atoms with Gasteiger partial charge in [-0.1, -0.05) is 6.42 Å². The van der Waals surface area contributed by atoms with Gasteiger partial charge >= 0.3 is 0 Å². The fourth-order valence-corrected chi connectivity index (χ4v) is 1.69.